The summed E-state index contributed by atoms with van der Waals surface area (Å²) >= 11 is 11.8. The second-order valence-corrected chi connectivity index (χ2v) is 9.25. The molecule has 29 heavy (non-hydrogen) atoms. The summed E-state index contributed by atoms with van der Waals surface area (Å²) in [4.78, 5) is 12.4. The van der Waals surface area contributed by atoms with Crippen molar-refractivity contribution in [1.29, 1.82) is 0 Å². The van der Waals surface area contributed by atoms with Crippen molar-refractivity contribution in [3.8, 4) is 5.75 Å². The number of benzene rings is 2. The summed E-state index contributed by atoms with van der Waals surface area (Å²) in [5.74, 6) is -0.0804. The summed E-state index contributed by atoms with van der Waals surface area (Å²) in [6, 6.07) is 9.28. The summed E-state index contributed by atoms with van der Waals surface area (Å²) in [6.45, 7) is 2.82. The van der Waals surface area contributed by atoms with Crippen LogP contribution in [0.4, 0.5) is 5.69 Å². The number of morpholine rings is 1. The molecule has 0 aromatic heterocycles. The van der Waals surface area contributed by atoms with Gasteiger partial charge in [-0.2, -0.15) is 4.31 Å². The Balaban J connectivity index is 1.70. The normalized spacial score (nSPS) is 15.1. The molecule has 1 aliphatic rings. The molecule has 0 atom stereocenters. The number of carbonyl (C=O) groups is 1. The lowest BCUT2D eigenvalue weighted by Gasteiger charge is -2.26. The molecule has 1 saturated heterocycles. The van der Waals surface area contributed by atoms with Crippen molar-refractivity contribution in [2.75, 3.05) is 38.2 Å². The predicted molar refractivity (Wildman–Crippen MR) is 111 cm³/mol. The molecule has 1 heterocycles. The van der Waals surface area contributed by atoms with Crippen LogP contribution in [0.3, 0.4) is 0 Å². The monoisotopic (exact) mass is 458 g/mol. The molecular weight excluding hydrogens is 439 g/mol. The number of nitrogens with one attached hydrogen (secondary N) is 1. The van der Waals surface area contributed by atoms with Crippen LogP contribution in [0, 0.1) is 6.92 Å². The van der Waals surface area contributed by atoms with E-state index in [2.05, 4.69) is 5.32 Å². The molecule has 7 nitrogen and oxygen atoms in total. The standard InChI is InChI=1S/C19H20Cl2N2O5S/c1-13-2-3-17(29(25,26)23-4-6-27-7-5-23)11-18(13)22-19(24)12-28-16-9-14(20)8-15(21)10-16/h2-3,8-11H,4-7,12H2,1H3,(H,22,24). The van der Waals surface area contributed by atoms with E-state index in [4.69, 9.17) is 32.7 Å². The zero-order valence-electron chi connectivity index (χ0n) is 15.7. The van der Waals surface area contributed by atoms with E-state index in [1.807, 2.05) is 0 Å². The Hall–Kier alpha value is -1.84. The van der Waals surface area contributed by atoms with Gasteiger partial charge in [-0.15, -0.1) is 0 Å². The first-order valence-electron chi connectivity index (χ1n) is 8.83. The van der Waals surface area contributed by atoms with Gasteiger partial charge in [0, 0.05) is 28.8 Å². The number of anilines is 1. The molecule has 10 heteroatoms. The van der Waals surface area contributed by atoms with Crippen molar-refractivity contribution in [3.05, 3.63) is 52.0 Å². The van der Waals surface area contributed by atoms with Gasteiger partial charge >= 0.3 is 0 Å². The Bertz CT molecular complexity index is 987. The van der Waals surface area contributed by atoms with Gasteiger partial charge in [-0.1, -0.05) is 29.3 Å². The maximum atomic E-state index is 12.8. The fourth-order valence-electron chi connectivity index (χ4n) is 2.78. The molecular formula is C19H20Cl2N2O5S. The lowest BCUT2D eigenvalue weighted by molar-refractivity contribution is -0.118. The van der Waals surface area contributed by atoms with Gasteiger partial charge in [0.25, 0.3) is 5.91 Å². The van der Waals surface area contributed by atoms with E-state index in [1.54, 1.807) is 31.2 Å². The number of amides is 1. The number of nitrogens with zero attached hydrogens (tertiary/aromatic N) is 1. The molecule has 1 aliphatic heterocycles. The zero-order chi connectivity index (χ0) is 21.0. The number of hydrogen-bond acceptors (Lipinski definition) is 5. The van der Waals surface area contributed by atoms with E-state index in [-0.39, 0.29) is 11.5 Å². The van der Waals surface area contributed by atoms with Crippen molar-refractivity contribution in [2.24, 2.45) is 0 Å². The summed E-state index contributed by atoms with van der Waals surface area (Å²) in [5.41, 5.74) is 1.13. The average molecular weight is 459 g/mol. The van der Waals surface area contributed by atoms with Crippen LogP contribution in [0.2, 0.25) is 10.0 Å². The van der Waals surface area contributed by atoms with Crippen LogP contribution >= 0.6 is 23.2 Å². The summed E-state index contributed by atoms with van der Waals surface area (Å²) in [5, 5.41) is 3.47. The van der Waals surface area contributed by atoms with Crippen LogP contribution in [-0.4, -0.2) is 51.5 Å². The molecule has 3 rings (SSSR count). The van der Waals surface area contributed by atoms with E-state index in [1.165, 1.54) is 16.4 Å². The number of sulfonamides is 1. The Labute approximate surface area is 179 Å². The largest absolute Gasteiger partial charge is 0.484 e. The predicted octanol–water partition coefficient (Wildman–Crippen LogP) is 3.34. The molecule has 0 unspecified atom stereocenters. The molecule has 0 radical (unpaired) electrons. The third kappa shape index (κ3) is 5.61. The van der Waals surface area contributed by atoms with Crippen molar-refractivity contribution >= 4 is 44.8 Å². The van der Waals surface area contributed by atoms with Crippen LogP contribution < -0.4 is 10.1 Å². The summed E-state index contributed by atoms with van der Waals surface area (Å²) in [6.07, 6.45) is 0. The van der Waals surface area contributed by atoms with Crippen molar-refractivity contribution < 1.29 is 22.7 Å². The molecule has 1 N–H and O–H groups in total. The Kier molecular flexibility index (Phi) is 7.02. The lowest BCUT2D eigenvalue weighted by atomic mass is 10.2. The second-order valence-electron chi connectivity index (χ2n) is 6.44. The minimum atomic E-state index is -3.66. The number of aryl methyl sites for hydroxylation is 1. The van der Waals surface area contributed by atoms with Crippen LogP contribution in [0.25, 0.3) is 0 Å². The third-order valence-electron chi connectivity index (χ3n) is 4.30. The number of hydrogen-bond donors (Lipinski definition) is 1. The highest BCUT2D eigenvalue weighted by Gasteiger charge is 2.26. The molecule has 1 fully saturated rings. The minimum Gasteiger partial charge on any atom is -0.484 e. The first-order valence-corrected chi connectivity index (χ1v) is 11.0. The Morgan fingerprint density at radius 1 is 1.14 bits per heavy atom. The minimum absolute atomic E-state index is 0.114. The van der Waals surface area contributed by atoms with E-state index in [9.17, 15) is 13.2 Å². The maximum Gasteiger partial charge on any atom is 0.262 e. The van der Waals surface area contributed by atoms with Crippen LogP contribution in [-0.2, 0) is 19.6 Å². The van der Waals surface area contributed by atoms with Crippen LogP contribution in [0.5, 0.6) is 5.75 Å². The van der Waals surface area contributed by atoms with Gasteiger partial charge in [-0.3, -0.25) is 4.79 Å². The number of carbonyl (C=O) groups excluding carboxylic acids is 1. The highest BCUT2D eigenvalue weighted by Crippen LogP contribution is 2.25. The zero-order valence-corrected chi connectivity index (χ0v) is 18.0. The first-order chi connectivity index (χ1) is 13.8. The third-order valence-corrected chi connectivity index (χ3v) is 6.63. The van der Waals surface area contributed by atoms with Crippen molar-refractivity contribution in [3.63, 3.8) is 0 Å². The van der Waals surface area contributed by atoms with Gasteiger partial charge in [-0.05, 0) is 42.8 Å². The fourth-order valence-corrected chi connectivity index (χ4v) is 4.72. The molecule has 1 amide bonds. The second kappa shape index (κ2) is 9.32. The van der Waals surface area contributed by atoms with Crippen LogP contribution in [0.15, 0.2) is 41.3 Å². The van der Waals surface area contributed by atoms with Gasteiger partial charge in [0.05, 0.1) is 18.1 Å². The van der Waals surface area contributed by atoms with Gasteiger partial charge < -0.3 is 14.8 Å². The first kappa shape index (κ1) is 21.9. The van der Waals surface area contributed by atoms with E-state index < -0.39 is 15.9 Å². The highest BCUT2D eigenvalue weighted by atomic mass is 35.5. The topological polar surface area (TPSA) is 84.9 Å². The fraction of sp³-hybridized carbons (Fsp3) is 0.316. The molecule has 2 aromatic rings. The lowest BCUT2D eigenvalue weighted by Crippen LogP contribution is -2.40. The average Bonchev–Trinajstić information content (AvgIpc) is 2.68. The molecule has 0 aliphatic carbocycles. The molecule has 2 aromatic carbocycles. The van der Waals surface area contributed by atoms with Gasteiger partial charge in [0.1, 0.15) is 5.75 Å². The summed E-state index contributed by atoms with van der Waals surface area (Å²) in [7, 11) is -3.66. The number of rotatable bonds is 6. The molecule has 0 bridgehead atoms. The summed E-state index contributed by atoms with van der Waals surface area (Å²) < 4.78 is 37.6. The van der Waals surface area contributed by atoms with E-state index in [0.717, 1.165) is 5.56 Å². The quantitative estimate of drug-likeness (QED) is 0.717. The highest BCUT2D eigenvalue weighted by molar-refractivity contribution is 7.89. The number of halogens is 2. The van der Waals surface area contributed by atoms with Gasteiger partial charge in [0.15, 0.2) is 6.61 Å². The van der Waals surface area contributed by atoms with Crippen LogP contribution in [0.1, 0.15) is 5.56 Å². The van der Waals surface area contributed by atoms with Gasteiger partial charge in [-0.25, -0.2) is 8.42 Å². The molecule has 0 saturated carbocycles. The Morgan fingerprint density at radius 3 is 2.45 bits per heavy atom. The smallest absolute Gasteiger partial charge is 0.262 e. The van der Waals surface area contributed by atoms with Crippen molar-refractivity contribution in [2.45, 2.75) is 11.8 Å². The van der Waals surface area contributed by atoms with Crippen molar-refractivity contribution in [1.82, 2.24) is 4.31 Å². The molecule has 156 valence electrons. The van der Waals surface area contributed by atoms with Gasteiger partial charge in [0.2, 0.25) is 10.0 Å². The molecule has 0 spiro atoms. The maximum absolute atomic E-state index is 12.8. The Morgan fingerprint density at radius 2 is 1.79 bits per heavy atom. The number of ether oxygens (including phenoxy) is 2. The SMILES string of the molecule is Cc1ccc(S(=O)(=O)N2CCOCC2)cc1NC(=O)COc1cc(Cl)cc(Cl)c1. The van der Waals surface area contributed by atoms with E-state index in [0.29, 0.717) is 47.8 Å². The van der Waals surface area contributed by atoms with E-state index >= 15 is 0 Å².